The van der Waals surface area contributed by atoms with Gasteiger partial charge in [-0.25, -0.2) is 0 Å². The van der Waals surface area contributed by atoms with Crippen molar-refractivity contribution in [3.8, 4) is 11.5 Å². The summed E-state index contributed by atoms with van der Waals surface area (Å²) in [7, 11) is 1.67. The van der Waals surface area contributed by atoms with E-state index in [-0.39, 0.29) is 0 Å². The zero-order chi connectivity index (χ0) is 15.8. The number of halogens is 1. The summed E-state index contributed by atoms with van der Waals surface area (Å²) in [5.41, 5.74) is 2.36. The first-order chi connectivity index (χ1) is 10.7. The monoisotopic (exact) mass is 319 g/mol. The standard InChI is InChI=1S/C18H22ClNO2/c1-3-10-22-18-9-6-15(11-17(18)19)13-20-12-14-4-7-16(21-2)8-5-14/h4-9,11,20H,3,10,12-13H2,1-2H3. The minimum absolute atomic E-state index is 0.664. The Morgan fingerprint density at radius 1 is 1.00 bits per heavy atom. The van der Waals surface area contributed by atoms with Crippen molar-refractivity contribution in [1.29, 1.82) is 0 Å². The third kappa shape index (κ3) is 4.93. The summed E-state index contributed by atoms with van der Waals surface area (Å²) in [6, 6.07) is 14.0. The summed E-state index contributed by atoms with van der Waals surface area (Å²) in [4.78, 5) is 0. The van der Waals surface area contributed by atoms with Crippen LogP contribution >= 0.6 is 11.6 Å². The molecule has 0 radical (unpaired) electrons. The van der Waals surface area contributed by atoms with Crippen LogP contribution in [-0.2, 0) is 13.1 Å². The molecule has 0 atom stereocenters. The number of benzene rings is 2. The zero-order valence-corrected chi connectivity index (χ0v) is 13.8. The molecule has 2 aromatic rings. The van der Waals surface area contributed by atoms with Crippen LogP contribution < -0.4 is 14.8 Å². The summed E-state index contributed by atoms with van der Waals surface area (Å²) < 4.78 is 10.7. The van der Waals surface area contributed by atoms with Crippen molar-refractivity contribution < 1.29 is 9.47 Å². The summed E-state index contributed by atoms with van der Waals surface area (Å²) >= 11 is 6.23. The lowest BCUT2D eigenvalue weighted by molar-refractivity contribution is 0.317. The molecule has 0 aliphatic carbocycles. The van der Waals surface area contributed by atoms with Crippen molar-refractivity contribution in [2.45, 2.75) is 26.4 Å². The maximum Gasteiger partial charge on any atom is 0.137 e. The second kappa shape index (κ2) is 8.66. The van der Waals surface area contributed by atoms with E-state index in [0.717, 1.165) is 36.6 Å². The number of nitrogens with one attached hydrogen (secondary N) is 1. The largest absolute Gasteiger partial charge is 0.497 e. The normalized spacial score (nSPS) is 10.5. The highest BCUT2D eigenvalue weighted by molar-refractivity contribution is 6.32. The zero-order valence-electron chi connectivity index (χ0n) is 13.1. The molecule has 2 rings (SSSR count). The SMILES string of the molecule is CCCOc1ccc(CNCc2ccc(OC)cc2)cc1Cl. The Kier molecular flexibility index (Phi) is 6.56. The van der Waals surface area contributed by atoms with Crippen molar-refractivity contribution in [1.82, 2.24) is 5.32 Å². The van der Waals surface area contributed by atoms with E-state index in [1.54, 1.807) is 7.11 Å². The van der Waals surface area contributed by atoms with Gasteiger partial charge in [-0.1, -0.05) is 36.7 Å². The van der Waals surface area contributed by atoms with Gasteiger partial charge in [-0.2, -0.15) is 0 Å². The van der Waals surface area contributed by atoms with Crippen LogP contribution in [0, 0.1) is 0 Å². The molecule has 0 unspecified atom stereocenters. The molecule has 3 nitrogen and oxygen atoms in total. The summed E-state index contributed by atoms with van der Waals surface area (Å²) in [6.45, 7) is 4.33. The second-order valence-electron chi connectivity index (χ2n) is 5.06. The van der Waals surface area contributed by atoms with Crippen molar-refractivity contribution >= 4 is 11.6 Å². The quantitative estimate of drug-likeness (QED) is 0.781. The van der Waals surface area contributed by atoms with Crippen molar-refractivity contribution in [3.05, 3.63) is 58.6 Å². The fraction of sp³-hybridized carbons (Fsp3) is 0.333. The predicted octanol–water partition coefficient (Wildman–Crippen LogP) is 4.43. The second-order valence-corrected chi connectivity index (χ2v) is 5.47. The predicted molar refractivity (Wildman–Crippen MR) is 90.8 cm³/mol. The average molecular weight is 320 g/mol. The molecule has 2 aromatic carbocycles. The van der Waals surface area contributed by atoms with Gasteiger partial charge in [0.2, 0.25) is 0 Å². The third-order valence-electron chi connectivity index (χ3n) is 3.28. The number of rotatable bonds is 8. The van der Waals surface area contributed by atoms with Gasteiger partial charge in [0.15, 0.2) is 0 Å². The van der Waals surface area contributed by atoms with Crippen LogP contribution in [0.1, 0.15) is 24.5 Å². The maximum atomic E-state index is 6.23. The van der Waals surface area contributed by atoms with Gasteiger partial charge in [-0.15, -0.1) is 0 Å². The van der Waals surface area contributed by atoms with E-state index in [2.05, 4.69) is 24.4 Å². The van der Waals surface area contributed by atoms with Gasteiger partial charge in [0, 0.05) is 13.1 Å². The third-order valence-corrected chi connectivity index (χ3v) is 3.57. The Bertz CT molecular complexity index is 584. The van der Waals surface area contributed by atoms with Crippen LogP contribution in [0.2, 0.25) is 5.02 Å². The Hall–Kier alpha value is -1.71. The summed E-state index contributed by atoms with van der Waals surface area (Å²) in [6.07, 6.45) is 0.974. The molecule has 0 amide bonds. The molecule has 0 aromatic heterocycles. The number of hydrogen-bond acceptors (Lipinski definition) is 3. The smallest absolute Gasteiger partial charge is 0.137 e. The molecular formula is C18H22ClNO2. The minimum atomic E-state index is 0.664. The first kappa shape index (κ1) is 16.7. The van der Waals surface area contributed by atoms with Gasteiger partial charge in [-0.3, -0.25) is 0 Å². The van der Waals surface area contributed by atoms with Crippen LogP contribution in [0.25, 0.3) is 0 Å². The van der Waals surface area contributed by atoms with E-state index in [4.69, 9.17) is 21.1 Å². The van der Waals surface area contributed by atoms with Gasteiger partial charge in [0.25, 0.3) is 0 Å². The molecule has 0 heterocycles. The highest BCUT2D eigenvalue weighted by atomic mass is 35.5. The van der Waals surface area contributed by atoms with Crippen molar-refractivity contribution in [2.24, 2.45) is 0 Å². The molecule has 1 N–H and O–H groups in total. The minimum Gasteiger partial charge on any atom is -0.497 e. The number of hydrogen-bond donors (Lipinski definition) is 1. The molecule has 0 saturated heterocycles. The summed E-state index contributed by atoms with van der Waals surface area (Å²) in [5.74, 6) is 1.63. The van der Waals surface area contributed by atoms with E-state index in [0.29, 0.717) is 11.6 Å². The van der Waals surface area contributed by atoms with Gasteiger partial charge in [0.1, 0.15) is 11.5 Å². The van der Waals surface area contributed by atoms with Gasteiger partial charge >= 0.3 is 0 Å². The van der Waals surface area contributed by atoms with Crippen LogP contribution in [0.5, 0.6) is 11.5 Å². The van der Waals surface area contributed by atoms with Crippen LogP contribution in [0.15, 0.2) is 42.5 Å². The van der Waals surface area contributed by atoms with Gasteiger partial charge in [-0.05, 0) is 41.8 Å². The molecule has 0 saturated carbocycles. The summed E-state index contributed by atoms with van der Waals surface area (Å²) in [5, 5.41) is 4.07. The van der Waals surface area contributed by atoms with Gasteiger partial charge in [0.05, 0.1) is 18.7 Å². The lowest BCUT2D eigenvalue weighted by Crippen LogP contribution is -2.12. The molecule has 4 heteroatoms. The number of ether oxygens (including phenoxy) is 2. The van der Waals surface area contributed by atoms with Crippen molar-refractivity contribution in [2.75, 3.05) is 13.7 Å². The van der Waals surface area contributed by atoms with Crippen LogP contribution in [0.4, 0.5) is 0 Å². The molecular weight excluding hydrogens is 298 g/mol. The molecule has 0 aliphatic rings. The van der Waals surface area contributed by atoms with E-state index >= 15 is 0 Å². The van der Waals surface area contributed by atoms with E-state index in [9.17, 15) is 0 Å². The van der Waals surface area contributed by atoms with Crippen LogP contribution in [0.3, 0.4) is 0 Å². The molecule has 0 aliphatic heterocycles. The van der Waals surface area contributed by atoms with E-state index in [1.165, 1.54) is 5.56 Å². The molecule has 0 spiro atoms. The Balaban J connectivity index is 1.84. The molecule has 118 valence electrons. The highest BCUT2D eigenvalue weighted by Gasteiger charge is 2.03. The average Bonchev–Trinajstić information content (AvgIpc) is 2.55. The van der Waals surface area contributed by atoms with Crippen LogP contribution in [-0.4, -0.2) is 13.7 Å². The van der Waals surface area contributed by atoms with E-state index in [1.807, 2.05) is 30.3 Å². The lowest BCUT2D eigenvalue weighted by atomic mass is 10.2. The Labute approximate surface area is 137 Å². The Morgan fingerprint density at radius 2 is 1.68 bits per heavy atom. The fourth-order valence-corrected chi connectivity index (χ4v) is 2.34. The Morgan fingerprint density at radius 3 is 2.32 bits per heavy atom. The number of methoxy groups -OCH3 is 1. The lowest BCUT2D eigenvalue weighted by Gasteiger charge is -2.10. The molecule has 0 fully saturated rings. The van der Waals surface area contributed by atoms with E-state index < -0.39 is 0 Å². The first-order valence-corrected chi connectivity index (χ1v) is 7.85. The van der Waals surface area contributed by atoms with Gasteiger partial charge < -0.3 is 14.8 Å². The maximum absolute atomic E-state index is 6.23. The van der Waals surface area contributed by atoms with Crippen molar-refractivity contribution in [3.63, 3.8) is 0 Å². The fourth-order valence-electron chi connectivity index (χ4n) is 2.08. The molecule has 0 bridgehead atoms. The topological polar surface area (TPSA) is 30.5 Å². The first-order valence-electron chi connectivity index (χ1n) is 7.47. The highest BCUT2D eigenvalue weighted by Crippen LogP contribution is 2.25. The molecule has 22 heavy (non-hydrogen) atoms.